The average molecular weight is 279 g/mol. The number of likely N-dealkylation sites (tertiary alicyclic amines) is 1. The van der Waals surface area contributed by atoms with E-state index in [1.54, 1.807) is 35.0 Å². The van der Waals surface area contributed by atoms with Crippen LogP contribution in [0.2, 0.25) is 0 Å². The Labute approximate surface area is 118 Å². The Bertz CT molecular complexity index is 486. The minimum absolute atomic E-state index is 0.165. The Morgan fingerprint density at radius 3 is 2.80 bits per heavy atom. The van der Waals surface area contributed by atoms with Crippen LogP contribution < -0.4 is 0 Å². The number of carboxylic acid groups (broad SMARTS) is 1. The minimum Gasteiger partial charge on any atom is -0.479 e. The zero-order valence-electron chi connectivity index (χ0n) is 12.0. The van der Waals surface area contributed by atoms with Gasteiger partial charge in [0.25, 0.3) is 0 Å². The first-order valence-corrected chi connectivity index (χ1v) is 7.07. The molecular formula is C14H21N3O3. The van der Waals surface area contributed by atoms with E-state index in [1.807, 2.05) is 6.92 Å². The number of amides is 1. The molecule has 1 amide bonds. The summed E-state index contributed by atoms with van der Waals surface area (Å²) < 4.78 is 1.57. The highest BCUT2D eigenvalue weighted by Gasteiger charge is 2.50. The molecule has 110 valence electrons. The van der Waals surface area contributed by atoms with Crippen molar-refractivity contribution in [3.8, 4) is 0 Å². The molecule has 0 bridgehead atoms. The Morgan fingerprint density at radius 2 is 2.25 bits per heavy atom. The summed E-state index contributed by atoms with van der Waals surface area (Å²) >= 11 is 0. The lowest BCUT2D eigenvalue weighted by Crippen LogP contribution is -2.54. The van der Waals surface area contributed by atoms with E-state index in [0.29, 0.717) is 19.4 Å². The molecule has 0 spiro atoms. The zero-order valence-corrected chi connectivity index (χ0v) is 12.0. The fourth-order valence-electron chi connectivity index (χ4n) is 3.05. The van der Waals surface area contributed by atoms with Crippen molar-refractivity contribution < 1.29 is 14.7 Å². The molecule has 2 unspecified atom stereocenters. The molecule has 1 fully saturated rings. The van der Waals surface area contributed by atoms with Crippen LogP contribution >= 0.6 is 0 Å². The fourth-order valence-corrected chi connectivity index (χ4v) is 3.05. The van der Waals surface area contributed by atoms with Crippen molar-refractivity contribution in [1.29, 1.82) is 0 Å². The monoisotopic (exact) mass is 279 g/mol. The van der Waals surface area contributed by atoms with Gasteiger partial charge in [0.05, 0.1) is 0 Å². The van der Waals surface area contributed by atoms with Crippen LogP contribution in [0.4, 0.5) is 0 Å². The van der Waals surface area contributed by atoms with E-state index in [4.69, 9.17) is 0 Å². The molecule has 1 aromatic rings. The van der Waals surface area contributed by atoms with Crippen LogP contribution in [-0.2, 0) is 9.59 Å². The number of rotatable bonds is 5. The molecule has 1 aromatic heterocycles. The first kappa shape index (κ1) is 14.6. The van der Waals surface area contributed by atoms with Crippen molar-refractivity contribution in [3.05, 3.63) is 18.5 Å². The molecule has 0 saturated carbocycles. The lowest BCUT2D eigenvalue weighted by Gasteiger charge is -2.36. The van der Waals surface area contributed by atoms with Gasteiger partial charge in [0, 0.05) is 18.9 Å². The summed E-state index contributed by atoms with van der Waals surface area (Å²) in [6, 6.07) is 1.28. The molecule has 2 heterocycles. The minimum atomic E-state index is -1.03. The van der Waals surface area contributed by atoms with Gasteiger partial charge in [-0.3, -0.25) is 9.48 Å². The summed E-state index contributed by atoms with van der Waals surface area (Å²) in [5.41, 5.74) is -1.03. The van der Waals surface area contributed by atoms with E-state index >= 15 is 0 Å². The third-order valence-corrected chi connectivity index (χ3v) is 4.10. The van der Waals surface area contributed by atoms with Crippen LogP contribution in [0.1, 0.15) is 45.6 Å². The van der Waals surface area contributed by atoms with Crippen molar-refractivity contribution >= 4 is 11.9 Å². The van der Waals surface area contributed by atoms with Gasteiger partial charge in [-0.15, -0.1) is 0 Å². The number of carbonyl (C=O) groups is 2. The van der Waals surface area contributed by atoms with Crippen molar-refractivity contribution in [2.24, 2.45) is 0 Å². The normalized spacial score (nSPS) is 23.8. The second-order valence-corrected chi connectivity index (χ2v) is 5.34. The maximum absolute atomic E-state index is 12.6. The molecule has 2 rings (SSSR count). The predicted octanol–water partition coefficient (Wildman–Crippen LogP) is 1.69. The quantitative estimate of drug-likeness (QED) is 0.890. The van der Waals surface area contributed by atoms with Gasteiger partial charge in [0.15, 0.2) is 0 Å². The Hall–Kier alpha value is -1.85. The summed E-state index contributed by atoms with van der Waals surface area (Å²) in [4.78, 5) is 25.9. The van der Waals surface area contributed by atoms with E-state index in [0.717, 1.165) is 12.8 Å². The molecule has 0 aromatic carbocycles. The summed E-state index contributed by atoms with van der Waals surface area (Å²) in [5, 5.41) is 13.7. The number of carboxylic acids is 1. The standard InChI is InChI=1S/C14H21N3O3/c1-3-6-14(13(19)20)7-4-9-16(14)12(18)11(2)17-10-5-8-15-17/h5,8,10-11H,3-4,6-7,9H2,1-2H3,(H,19,20). The van der Waals surface area contributed by atoms with Gasteiger partial charge >= 0.3 is 5.97 Å². The molecule has 6 nitrogen and oxygen atoms in total. The maximum Gasteiger partial charge on any atom is 0.329 e. The molecule has 2 atom stereocenters. The third-order valence-electron chi connectivity index (χ3n) is 4.10. The third kappa shape index (κ3) is 2.30. The lowest BCUT2D eigenvalue weighted by atomic mass is 9.90. The highest BCUT2D eigenvalue weighted by atomic mass is 16.4. The predicted molar refractivity (Wildman–Crippen MR) is 73.2 cm³/mol. The van der Waals surface area contributed by atoms with Crippen molar-refractivity contribution in [2.45, 2.75) is 51.1 Å². The number of hydrogen-bond acceptors (Lipinski definition) is 3. The molecule has 1 N–H and O–H groups in total. The van der Waals surface area contributed by atoms with E-state index in [2.05, 4.69) is 5.10 Å². The molecule has 1 aliphatic heterocycles. The van der Waals surface area contributed by atoms with Gasteiger partial charge in [-0.2, -0.15) is 5.10 Å². The maximum atomic E-state index is 12.6. The number of nitrogens with zero attached hydrogens (tertiary/aromatic N) is 3. The van der Waals surface area contributed by atoms with E-state index < -0.39 is 17.6 Å². The highest BCUT2D eigenvalue weighted by molar-refractivity contribution is 5.89. The molecule has 20 heavy (non-hydrogen) atoms. The van der Waals surface area contributed by atoms with Gasteiger partial charge < -0.3 is 10.0 Å². The lowest BCUT2D eigenvalue weighted by molar-refractivity contribution is -0.158. The van der Waals surface area contributed by atoms with E-state index in [9.17, 15) is 14.7 Å². The topological polar surface area (TPSA) is 75.4 Å². The van der Waals surface area contributed by atoms with Crippen LogP contribution in [0.15, 0.2) is 18.5 Å². The highest BCUT2D eigenvalue weighted by Crippen LogP contribution is 2.35. The van der Waals surface area contributed by atoms with Crippen LogP contribution in [0, 0.1) is 0 Å². The average Bonchev–Trinajstić information content (AvgIpc) is 3.07. The van der Waals surface area contributed by atoms with Gasteiger partial charge in [0.1, 0.15) is 11.6 Å². The number of carbonyl (C=O) groups excluding carboxylic acids is 1. The largest absolute Gasteiger partial charge is 0.479 e. The fraction of sp³-hybridized carbons (Fsp3) is 0.643. The summed E-state index contributed by atoms with van der Waals surface area (Å²) in [7, 11) is 0. The summed E-state index contributed by atoms with van der Waals surface area (Å²) in [6.07, 6.45) is 5.86. The van der Waals surface area contributed by atoms with Crippen LogP contribution in [0.5, 0.6) is 0 Å². The van der Waals surface area contributed by atoms with Crippen LogP contribution in [0.25, 0.3) is 0 Å². The Balaban J connectivity index is 2.25. The Kier molecular flexibility index (Phi) is 4.11. The zero-order chi connectivity index (χ0) is 14.8. The smallest absolute Gasteiger partial charge is 0.329 e. The molecule has 1 aliphatic rings. The first-order chi connectivity index (χ1) is 9.53. The van der Waals surface area contributed by atoms with Crippen molar-refractivity contribution in [2.75, 3.05) is 6.54 Å². The summed E-state index contributed by atoms with van der Waals surface area (Å²) in [5.74, 6) is -1.06. The number of aliphatic carboxylic acids is 1. The molecule has 0 radical (unpaired) electrons. The molecular weight excluding hydrogens is 258 g/mol. The van der Waals surface area contributed by atoms with Gasteiger partial charge in [-0.25, -0.2) is 4.79 Å². The van der Waals surface area contributed by atoms with E-state index in [1.165, 1.54) is 0 Å². The second-order valence-electron chi connectivity index (χ2n) is 5.34. The second kappa shape index (κ2) is 5.64. The van der Waals surface area contributed by atoms with Gasteiger partial charge in [-0.1, -0.05) is 13.3 Å². The van der Waals surface area contributed by atoms with Crippen LogP contribution in [0.3, 0.4) is 0 Å². The molecule has 0 aliphatic carbocycles. The van der Waals surface area contributed by atoms with E-state index in [-0.39, 0.29) is 5.91 Å². The summed E-state index contributed by atoms with van der Waals surface area (Å²) in [6.45, 7) is 4.21. The molecule has 6 heteroatoms. The SMILES string of the molecule is CCCC1(C(=O)O)CCCN1C(=O)C(C)n1cccn1. The van der Waals surface area contributed by atoms with Gasteiger partial charge in [-0.05, 0) is 32.3 Å². The van der Waals surface area contributed by atoms with Crippen molar-refractivity contribution in [3.63, 3.8) is 0 Å². The van der Waals surface area contributed by atoms with Gasteiger partial charge in [0.2, 0.25) is 5.91 Å². The number of aromatic nitrogens is 2. The van der Waals surface area contributed by atoms with Crippen molar-refractivity contribution in [1.82, 2.24) is 14.7 Å². The molecule has 1 saturated heterocycles. The first-order valence-electron chi connectivity index (χ1n) is 7.07. The number of hydrogen-bond donors (Lipinski definition) is 1. The van der Waals surface area contributed by atoms with Crippen LogP contribution in [-0.4, -0.2) is 43.7 Å². The Morgan fingerprint density at radius 1 is 1.50 bits per heavy atom.